The molecule has 0 unspecified atom stereocenters. The van der Waals surface area contributed by atoms with E-state index in [1.807, 2.05) is 0 Å². The molecule has 0 saturated heterocycles. The highest BCUT2D eigenvalue weighted by molar-refractivity contribution is 6.31. The van der Waals surface area contributed by atoms with Gasteiger partial charge in [-0.1, -0.05) is 11.6 Å². The van der Waals surface area contributed by atoms with Crippen LogP contribution < -0.4 is 0 Å². The van der Waals surface area contributed by atoms with Crippen LogP contribution in [0.25, 0.3) is 22.3 Å². The molecule has 0 atom stereocenters. The molecule has 0 aliphatic carbocycles. The molecule has 0 amide bonds. The van der Waals surface area contributed by atoms with Gasteiger partial charge in [0.1, 0.15) is 0 Å². The first-order valence-electron chi connectivity index (χ1n) is 6.86. The zero-order valence-electron chi connectivity index (χ0n) is 12.2. The van der Waals surface area contributed by atoms with Gasteiger partial charge < -0.3 is 0 Å². The topological polar surface area (TPSA) is 0 Å². The summed E-state index contributed by atoms with van der Waals surface area (Å²) in [6.07, 6.45) is 0. The Morgan fingerprint density at radius 1 is 0.440 bits per heavy atom. The van der Waals surface area contributed by atoms with Gasteiger partial charge >= 0.3 is 0 Å². The molecule has 0 N–H and O–H groups in total. The molecule has 0 bridgehead atoms. The van der Waals surface area contributed by atoms with Crippen molar-refractivity contribution < 1.29 is 26.3 Å². The molecule has 128 valence electrons. The summed E-state index contributed by atoms with van der Waals surface area (Å²) in [5.41, 5.74) is 0.322. The van der Waals surface area contributed by atoms with E-state index in [2.05, 4.69) is 0 Å². The summed E-state index contributed by atoms with van der Waals surface area (Å²) in [6.45, 7) is 0. The third-order valence-electron chi connectivity index (χ3n) is 3.53. The molecule has 0 fully saturated rings. The molecule has 0 spiro atoms. The number of benzene rings is 3. The van der Waals surface area contributed by atoms with Crippen molar-refractivity contribution in [3.8, 4) is 22.3 Å². The van der Waals surface area contributed by atoms with Gasteiger partial charge in [0.15, 0.2) is 34.9 Å². The number of hydrogen-bond donors (Lipinski definition) is 0. The molecule has 3 aromatic carbocycles. The van der Waals surface area contributed by atoms with Crippen LogP contribution in [0.2, 0.25) is 5.02 Å². The molecule has 0 aliphatic heterocycles. The second-order valence-electron chi connectivity index (χ2n) is 5.24. The average molecular weight is 373 g/mol. The fourth-order valence-electron chi connectivity index (χ4n) is 2.37. The van der Waals surface area contributed by atoms with Crippen LogP contribution in [0.3, 0.4) is 0 Å². The molecular weight excluding hydrogens is 366 g/mol. The smallest absolute Gasteiger partial charge is 0.194 e. The van der Waals surface area contributed by atoms with Gasteiger partial charge in [0, 0.05) is 5.02 Å². The van der Waals surface area contributed by atoms with Crippen molar-refractivity contribution in [1.29, 1.82) is 0 Å². The Kier molecular flexibility index (Phi) is 4.47. The molecule has 7 heteroatoms. The van der Waals surface area contributed by atoms with E-state index < -0.39 is 34.9 Å². The standard InChI is InChI=1S/C18H7ClF6/c19-12-2-8(10-4-13(20)17(24)14(21)5-10)1-9(3-12)11-6-15(22)18(25)16(23)7-11/h1-7H. The fraction of sp³-hybridized carbons (Fsp3) is 0. The van der Waals surface area contributed by atoms with Crippen LogP contribution in [0.1, 0.15) is 0 Å². The minimum absolute atomic E-state index is 0.0248. The highest BCUT2D eigenvalue weighted by atomic mass is 35.5. The van der Waals surface area contributed by atoms with Crippen molar-refractivity contribution in [2.24, 2.45) is 0 Å². The lowest BCUT2D eigenvalue weighted by molar-refractivity contribution is 0.447. The monoisotopic (exact) mass is 372 g/mol. The van der Waals surface area contributed by atoms with Gasteiger partial charge in [-0.2, -0.15) is 0 Å². The Bertz CT molecular complexity index is 862. The molecule has 3 rings (SSSR count). The van der Waals surface area contributed by atoms with Gasteiger partial charge in [0.25, 0.3) is 0 Å². The maximum atomic E-state index is 13.4. The highest BCUT2D eigenvalue weighted by Crippen LogP contribution is 2.32. The maximum Gasteiger partial charge on any atom is 0.194 e. The number of rotatable bonds is 2. The Hall–Kier alpha value is -2.47. The van der Waals surface area contributed by atoms with E-state index in [1.54, 1.807) is 0 Å². The van der Waals surface area contributed by atoms with Crippen molar-refractivity contribution in [1.82, 2.24) is 0 Å². The first kappa shape index (κ1) is 17.4. The Balaban J connectivity index is 2.17. The minimum atomic E-state index is -1.62. The van der Waals surface area contributed by atoms with E-state index in [4.69, 9.17) is 11.6 Å². The highest BCUT2D eigenvalue weighted by Gasteiger charge is 2.15. The van der Waals surface area contributed by atoms with Gasteiger partial charge in [0.05, 0.1) is 0 Å². The summed E-state index contributed by atoms with van der Waals surface area (Å²) in [5.74, 6) is -8.81. The van der Waals surface area contributed by atoms with E-state index >= 15 is 0 Å². The van der Waals surface area contributed by atoms with Crippen molar-refractivity contribution >= 4 is 11.6 Å². The van der Waals surface area contributed by atoms with Crippen molar-refractivity contribution in [2.45, 2.75) is 0 Å². The van der Waals surface area contributed by atoms with Crippen LogP contribution in [0, 0.1) is 34.9 Å². The summed E-state index contributed by atoms with van der Waals surface area (Å²) in [7, 11) is 0. The summed E-state index contributed by atoms with van der Waals surface area (Å²) in [6, 6.07) is 7.07. The summed E-state index contributed by atoms with van der Waals surface area (Å²) < 4.78 is 79.8. The number of hydrogen-bond acceptors (Lipinski definition) is 0. The molecule has 0 aliphatic rings. The van der Waals surface area contributed by atoms with Crippen molar-refractivity contribution in [3.63, 3.8) is 0 Å². The third-order valence-corrected chi connectivity index (χ3v) is 3.75. The normalized spacial score (nSPS) is 11.0. The lowest BCUT2D eigenvalue weighted by Gasteiger charge is -2.09. The molecule has 0 radical (unpaired) electrons. The molecular formula is C18H7ClF6. The predicted molar refractivity (Wildman–Crippen MR) is 82.1 cm³/mol. The van der Waals surface area contributed by atoms with E-state index in [0.717, 1.165) is 24.3 Å². The summed E-state index contributed by atoms with van der Waals surface area (Å²) in [4.78, 5) is 0. The molecule has 3 aromatic rings. The SMILES string of the molecule is Fc1cc(-c2cc(Cl)cc(-c3cc(F)c(F)c(F)c3)c2)cc(F)c1F. The Labute approximate surface area is 143 Å². The van der Waals surface area contributed by atoms with Gasteiger partial charge in [-0.25, -0.2) is 26.3 Å². The first-order valence-corrected chi connectivity index (χ1v) is 7.24. The van der Waals surface area contributed by atoms with E-state index in [1.165, 1.54) is 18.2 Å². The quantitative estimate of drug-likeness (QED) is 0.355. The van der Waals surface area contributed by atoms with Crippen LogP contribution in [-0.2, 0) is 0 Å². The Morgan fingerprint density at radius 2 is 0.720 bits per heavy atom. The lowest BCUT2D eigenvalue weighted by atomic mass is 9.98. The van der Waals surface area contributed by atoms with Crippen LogP contribution in [-0.4, -0.2) is 0 Å². The van der Waals surface area contributed by atoms with Gasteiger partial charge in [-0.05, 0) is 64.7 Å². The van der Waals surface area contributed by atoms with E-state index in [-0.39, 0.29) is 27.3 Å². The molecule has 0 saturated carbocycles. The van der Waals surface area contributed by atoms with Gasteiger partial charge in [-0.15, -0.1) is 0 Å². The largest absolute Gasteiger partial charge is 0.204 e. The molecule has 0 heterocycles. The van der Waals surface area contributed by atoms with Crippen LogP contribution >= 0.6 is 11.6 Å². The predicted octanol–water partition coefficient (Wildman–Crippen LogP) is 6.51. The van der Waals surface area contributed by atoms with Crippen LogP contribution in [0.5, 0.6) is 0 Å². The third kappa shape index (κ3) is 3.35. The molecule has 25 heavy (non-hydrogen) atoms. The Morgan fingerprint density at radius 3 is 1.04 bits per heavy atom. The lowest BCUT2D eigenvalue weighted by Crippen LogP contribution is -1.94. The van der Waals surface area contributed by atoms with E-state index in [0.29, 0.717) is 0 Å². The average Bonchev–Trinajstić information content (AvgIpc) is 2.56. The molecule has 0 nitrogen and oxygen atoms in total. The van der Waals surface area contributed by atoms with Crippen LogP contribution in [0.4, 0.5) is 26.3 Å². The first-order chi connectivity index (χ1) is 11.8. The maximum absolute atomic E-state index is 13.4. The van der Waals surface area contributed by atoms with Gasteiger partial charge in [0.2, 0.25) is 0 Å². The molecule has 0 aromatic heterocycles. The fourth-order valence-corrected chi connectivity index (χ4v) is 2.60. The second-order valence-corrected chi connectivity index (χ2v) is 5.67. The zero-order chi connectivity index (χ0) is 18.3. The minimum Gasteiger partial charge on any atom is -0.204 e. The summed E-state index contributed by atoms with van der Waals surface area (Å²) >= 11 is 5.95. The van der Waals surface area contributed by atoms with Crippen molar-refractivity contribution in [2.75, 3.05) is 0 Å². The number of halogens is 7. The second kappa shape index (κ2) is 6.44. The van der Waals surface area contributed by atoms with E-state index in [9.17, 15) is 26.3 Å². The van der Waals surface area contributed by atoms with Crippen molar-refractivity contribution in [3.05, 3.63) is 82.4 Å². The summed E-state index contributed by atoms with van der Waals surface area (Å²) in [5, 5.41) is 0.0998. The zero-order valence-corrected chi connectivity index (χ0v) is 12.9. The van der Waals surface area contributed by atoms with Crippen LogP contribution in [0.15, 0.2) is 42.5 Å². The van der Waals surface area contributed by atoms with Gasteiger partial charge in [-0.3, -0.25) is 0 Å².